The molecule has 2 unspecified atom stereocenters. The molecule has 1 saturated heterocycles. The minimum absolute atomic E-state index is 0.0740. The molecule has 2 aromatic rings. The van der Waals surface area contributed by atoms with Gasteiger partial charge in [0.05, 0.1) is 17.5 Å². The van der Waals surface area contributed by atoms with Crippen molar-refractivity contribution in [2.24, 2.45) is 5.92 Å². The molecule has 1 aromatic carbocycles. The van der Waals surface area contributed by atoms with E-state index >= 15 is 0 Å². The van der Waals surface area contributed by atoms with Crippen molar-refractivity contribution in [2.45, 2.75) is 32.0 Å². The Bertz CT molecular complexity index is 887. The van der Waals surface area contributed by atoms with E-state index in [2.05, 4.69) is 10.3 Å². The SMILES string of the molecule is CC(NC(=O)C1CCCN(c2ncccc2C(F)(F)F)C1)c1ccc(F)cc1F. The van der Waals surface area contributed by atoms with Crippen LogP contribution in [-0.4, -0.2) is 24.0 Å². The fraction of sp³-hybridized carbons (Fsp3) is 0.400. The third-order valence-corrected chi connectivity index (χ3v) is 4.97. The molecule has 2 atom stereocenters. The number of benzene rings is 1. The Morgan fingerprint density at radius 1 is 1.28 bits per heavy atom. The molecule has 0 radical (unpaired) electrons. The molecule has 0 bridgehead atoms. The molecular weight excluding hydrogens is 393 g/mol. The predicted octanol–water partition coefficient (Wildman–Crippen LogP) is 4.47. The van der Waals surface area contributed by atoms with Gasteiger partial charge in [0.2, 0.25) is 5.91 Å². The molecule has 1 aliphatic heterocycles. The first-order valence-electron chi connectivity index (χ1n) is 9.19. The molecular formula is C20H20F5N3O. The third-order valence-electron chi connectivity index (χ3n) is 4.97. The van der Waals surface area contributed by atoms with Crippen LogP contribution in [0.25, 0.3) is 0 Å². The molecule has 2 heterocycles. The first kappa shape index (κ1) is 21.0. The van der Waals surface area contributed by atoms with E-state index < -0.39 is 41.2 Å². The Hall–Kier alpha value is -2.71. The van der Waals surface area contributed by atoms with E-state index in [-0.39, 0.29) is 17.9 Å². The second kappa shape index (κ2) is 8.34. The second-order valence-corrected chi connectivity index (χ2v) is 7.05. The van der Waals surface area contributed by atoms with Gasteiger partial charge in [-0.25, -0.2) is 13.8 Å². The van der Waals surface area contributed by atoms with Crippen molar-refractivity contribution < 1.29 is 26.7 Å². The smallest absolute Gasteiger partial charge is 0.355 e. The Balaban J connectivity index is 1.72. The number of amides is 1. The number of hydrogen-bond donors (Lipinski definition) is 1. The van der Waals surface area contributed by atoms with Crippen LogP contribution in [0.3, 0.4) is 0 Å². The number of alkyl halides is 3. The number of aromatic nitrogens is 1. The van der Waals surface area contributed by atoms with E-state index in [1.807, 2.05) is 0 Å². The summed E-state index contributed by atoms with van der Waals surface area (Å²) in [6.45, 7) is 1.99. The van der Waals surface area contributed by atoms with Crippen molar-refractivity contribution in [3.8, 4) is 0 Å². The highest BCUT2D eigenvalue weighted by atomic mass is 19.4. The highest BCUT2D eigenvalue weighted by Crippen LogP contribution is 2.36. The van der Waals surface area contributed by atoms with Crippen molar-refractivity contribution in [1.29, 1.82) is 0 Å². The van der Waals surface area contributed by atoms with Gasteiger partial charge in [-0.3, -0.25) is 4.79 Å². The molecule has 3 rings (SSSR count). The maximum atomic E-state index is 13.9. The Kier molecular flexibility index (Phi) is 6.04. The van der Waals surface area contributed by atoms with Crippen LogP contribution < -0.4 is 10.2 Å². The molecule has 0 saturated carbocycles. The molecule has 1 amide bonds. The highest BCUT2D eigenvalue weighted by molar-refractivity contribution is 5.80. The first-order chi connectivity index (χ1) is 13.7. The number of nitrogens with one attached hydrogen (secondary N) is 1. The summed E-state index contributed by atoms with van der Waals surface area (Å²) >= 11 is 0. The summed E-state index contributed by atoms with van der Waals surface area (Å²) < 4.78 is 66.8. The molecule has 0 spiro atoms. The van der Waals surface area contributed by atoms with Gasteiger partial charge in [0.25, 0.3) is 0 Å². The van der Waals surface area contributed by atoms with E-state index in [1.54, 1.807) is 6.92 Å². The summed E-state index contributed by atoms with van der Waals surface area (Å²) in [6.07, 6.45) is -2.25. The highest BCUT2D eigenvalue weighted by Gasteiger charge is 2.37. The lowest BCUT2D eigenvalue weighted by atomic mass is 9.96. The van der Waals surface area contributed by atoms with Crippen molar-refractivity contribution in [2.75, 3.05) is 18.0 Å². The van der Waals surface area contributed by atoms with Gasteiger partial charge in [-0.05, 0) is 38.0 Å². The fourth-order valence-corrected chi connectivity index (χ4v) is 3.52. The van der Waals surface area contributed by atoms with E-state index in [1.165, 1.54) is 23.2 Å². The number of carbonyl (C=O) groups excluding carboxylic acids is 1. The molecule has 1 aliphatic rings. The molecule has 1 aromatic heterocycles. The number of pyridine rings is 1. The average molecular weight is 413 g/mol. The largest absolute Gasteiger partial charge is 0.419 e. The zero-order chi connectivity index (χ0) is 21.2. The quantitative estimate of drug-likeness (QED) is 0.753. The Labute approximate surface area is 164 Å². The van der Waals surface area contributed by atoms with Crippen molar-refractivity contribution >= 4 is 11.7 Å². The summed E-state index contributed by atoms with van der Waals surface area (Å²) in [5, 5.41) is 2.67. The summed E-state index contributed by atoms with van der Waals surface area (Å²) in [5.41, 5.74) is -0.709. The van der Waals surface area contributed by atoms with Gasteiger partial charge in [-0.15, -0.1) is 0 Å². The summed E-state index contributed by atoms with van der Waals surface area (Å²) in [6, 6.07) is 4.57. The maximum Gasteiger partial charge on any atom is 0.419 e. The Morgan fingerprint density at radius 2 is 2.03 bits per heavy atom. The number of nitrogens with zero attached hydrogens (tertiary/aromatic N) is 2. The second-order valence-electron chi connectivity index (χ2n) is 7.05. The van der Waals surface area contributed by atoms with Crippen LogP contribution in [0.5, 0.6) is 0 Å². The number of carbonyl (C=O) groups is 1. The molecule has 1 fully saturated rings. The minimum Gasteiger partial charge on any atom is -0.355 e. The third kappa shape index (κ3) is 4.83. The number of anilines is 1. The zero-order valence-corrected chi connectivity index (χ0v) is 15.6. The van der Waals surface area contributed by atoms with Crippen LogP contribution in [-0.2, 0) is 11.0 Å². The minimum atomic E-state index is -4.55. The van der Waals surface area contributed by atoms with Crippen LogP contribution in [0.4, 0.5) is 27.8 Å². The molecule has 4 nitrogen and oxygen atoms in total. The maximum absolute atomic E-state index is 13.9. The van der Waals surface area contributed by atoms with Gasteiger partial charge in [0.1, 0.15) is 17.5 Å². The monoisotopic (exact) mass is 413 g/mol. The van der Waals surface area contributed by atoms with Gasteiger partial charge < -0.3 is 10.2 Å². The zero-order valence-electron chi connectivity index (χ0n) is 15.6. The molecule has 1 N–H and O–H groups in total. The lowest BCUT2D eigenvalue weighted by Gasteiger charge is -2.34. The average Bonchev–Trinajstić information content (AvgIpc) is 2.67. The van der Waals surface area contributed by atoms with Crippen molar-refractivity contribution in [1.82, 2.24) is 10.3 Å². The van der Waals surface area contributed by atoms with Crippen LogP contribution in [0.2, 0.25) is 0 Å². The Morgan fingerprint density at radius 3 is 2.72 bits per heavy atom. The van der Waals surface area contributed by atoms with Gasteiger partial charge in [-0.1, -0.05) is 6.07 Å². The molecule has 0 aliphatic carbocycles. The van der Waals surface area contributed by atoms with Gasteiger partial charge >= 0.3 is 6.18 Å². The normalized spacial score (nSPS) is 18.4. The van der Waals surface area contributed by atoms with Crippen molar-refractivity contribution in [3.05, 3.63) is 59.3 Å². The van der Waals surface area contributed by atoms with Crippen LogP contribution in [0.15, 0.2) is 36.5 Å². The number of rotatable bonds is 4. The van der Waals surface area contributed by atoms with Gasteiger partial charge in [0, 0.05) is 30.9 Å². The topological polar surface area (TPSA) is 45.2 Å². The molecule has 9 heteroatoms. The van der Waals surface area contributed by atoms with Crippen LogP contribution in [0.1, 0.15) is 36.9 Å². The van der Waals surface area contributed by atoms with E-state index in [0.717, 1.165) is 18.2 Å². The van der Waals surface area contributed by atoms with E-state index in [4.69, 9.17) is 0 Å². The van der Waals surface area contributed by atoms with Gasteiger partial charge in [0.15, 0.2) is 0 Å². The lowest BCUT2D eigenvalue weighted by molar-refractivity contribution is -0.137. The predicted molar refractivity (Wildman–Crippen MR) is 97.1 cm³/mol. The number of halogens is 5. The van der Waals surface area contributed by atoms with Crippen LogP contribution >= 0.6 is 0 Å². The van der Waals surface area contributed by atoms with Crippen LogP contribution in [0, 0.1) is 17.6 Å². The van der Waals surface area contributed by atoms with E-state index in [9.17, 15) is 26.7 Å². The molecule has 29 heavy (non-hydrogen) atoms. The summed E-state index contributed by atoms with van der Waals surface area (Å²) in [7, 11) is 0. The lowest BCUT2D eigenvalue weighted by Crippen LogP contribution is -2.44. The first-order valence-corrected chi connectivity index (χ1v) is 9.19. The summed E-state index contributed by atoms with van der Waals surface area (Å²) in [4.78, 5) is 18.0. The van der Waals surface area contributed by atoms with Gasteiger partial charge in [-0.2, -0.15) is 13.2 Å². The van der Waals surface area contributed by atoms with E-state index in [0.29, 0.717) is 19.4 Å². The fourth-order valence-electron chi connectivity index (χ4n) is 3.52. The standard InChI is InChI=1S/C20H20F5N3O/c1-12(15-7-6-14(21)10-17(15)22)27-19(29)13-4-3-9-28(11-13)18-16(20(23,24)25)5-2-8-26-18/h2,5-8,10,12-13H,3-4,9,11H2,1H3,(H,27,29). The number of piperidine rings is 1. The number of hydrogen-bond acceptors (Lipinski definition) is 3. The molecule has 156 valence electrons. The summed E-state index contributed by atoms with van der Waals surface area (Å²) in [5.74, 6) is -2.65. The van der Waals surface area contributed by atoms with Crippen molar-refractivity contribution in [3.63, 3.8) is 0 Å².